The van der Waals surface area contributed by atoms with Gasteiger partial charge in [-0.25, -0.2) is 0 Å². The molecule has 132 valence electrons. The first-order valence-corrected chi connectivity index (χ1v) is 7.65. The van der Waals surface area contributed by atoms with Gasteiger partial charge >= 0.3 is 12.3 Å². The number of ether oxygens (including phenoxy) is 1. The SMILES string of the molecule is O=C(N[n+]1ccccc1)c1ccc(-c2ccc(OC(F)(F)F)cc2)cc1. The van der Waals surface area contributed by atoms with Crippen molar-refractivity contribution in [1.82, 2.24) is 0 Å². The van der Waals surface area contributed by atoms with Crippen LogP contribution in [-0.4, -0.2) is 12.3 Å². The molecular formula is C19H14F3N2O2+. The zero-order valence-corrected chi connectivity index (χ0v) is 13.4. The molecular weight excluding hydrogens is 345 g/mol. The normalized spacial score (nSPS) is 11.0. The van der Waals surface area contributed by atoms with Crippen LogP contribution in [-0.2, 0) is 0 Å². The number of rotatable bonds is 4. The fourth-order valence-electron chi connectivity index (χ4n) is 2.32. The number of aromatic nitrogens is 1. The first kappa shape index (κ1) is 17.5. The van der Waals surface area contributed by atoms with E-state index in [0.717, 1.165) is 5.56 Å². The summed E-state index contributed by atoms with van der Waals surface area (Å²) >= 11 is 0. The predicted molar refractivity (Wildman–Crippen MR) is 88.9 cm³/mol. The molecule has 0 saturated carbocycles. The summed E-state index contributed by atoms with van der Waals surface area (Å²) < 4.78 is 41.9. The minimum Gasteiger partial charge on any atom is -0.406 e. The number of hydrogen-bond acceptors (Lipinski definition) is 2. The molecule has 2 aromatic carbocycles. The molecule has 1 amide bonds. The highest BCUT2D eigenvalue weighted by molar-refractivity contribution is 5.99. The van der Waals surface area contributed by atoms with Crippen molar-refractivity contribution in [3.8, 4) is 16.9 Å². The Labute approximate surface area is 147 Å². The molecule has 0 bridgehead atoms. The van der Waals surface area contributed by atoms with Gasteiger partial charge in [-0.3, -0.25) is 4.79 Å². The van der Waals surface area contributed by atoms with E-state index in [-0.39, 0.29) is 11.7 Å². The first-order chi connectivity index (χ1) is 12.4. The third-order valence-electron chi connectivity index (χ3n) is 3.51. The van der Waals surface area contributed by atoms with E-state index in [1.807, 2.05) is 6.07 Å². The summed E-state index contributed by atoms with van der Waals surface area (Å²) in [6.45, 7) is 0. The van der Waals surface area contributed by atoms with Gasteiger partial charge in [0.05, 0.1) is 0 Å². The highest BCUT2D eigenvalue weighted by Gasteiger charge is 2.30. The molecule has 1 aromatic heterocycles. The molecule has 0 radical (unpaired) electrons. The van der Waals surface area contributed by atoms with E-state index in [1.165, 1.54) is 28.9 Å². The van der Waals surface area contributed by atoms with Crippen LogP contribution in [0.5, 0.6) is 5.75 Å². The second kappa shape index (κ2) is 7.26. The summed E-state index contributed by atoms with van der Waals surface area (Å²) in [4.78, 5) is 12.2. The van der Waals surface area contributed by atoms with Crippen molar-refractivity contribution in [2.24, 2.45) is 0 Å². The van der Waals surface area contributed by atoms with E-state index in [2.05, 4.69) is 10.2 Å². The van der Waals surface area contributed by atoms with Gasteiger partial charge in [0.15, 0.2) is 12.4 Å². The van der Waals surface area contributed by atoms with Crippen LogP contribution in [0.4, 0.5) is 13.2 Å². The van der Waals surface area contributed by atoms with Gasteiger partial charge in [0.2, 0.25) is 0 Å². The molecule has 0 saturated heterocycles. The third kappa shape index (κ3) is 4.60. The number of carbonyl (C=O) groups is 1. The van der Waals surface area contributed by atoms with Crippen LogP contribution in [0.15, 0.2) is 79.1 Å². The molecule has 1 heterocycles. The number of benzene rings is 2. The van der Waals surface area contributed by atoms with Gasteiger partial charge in [-0.1, -0.05) is 35.0 Å². The Hall–Kier alpha value is -3.35. The Morgan fingerprint density at radius 2 is 1.38 bits per heavy atom. The lowest BCUT2D eigenvalue weighted by atomic mass is 10.0. The number of alkyl halides is 3. The zero-order chi connectivity index (χ0) is 18.6. The molecule has 0 aliphatic carbocycles. The maximum atomic E-state index is 12.2. The van der Waals surface area contributed by atoms with E-state index in [9.17, 15) is 18.0 Å². The first-order valence-electron chi connectivity index (χ1n) is 7.65. The van der Waals surface area contributed by atoms with E-state index >= 15 is 0 Å². The van der Waals surface area contributed by atoms with Gasteiger partial charge in [-0.2, -0.15) is 0 Å². The minimum absolute atomic E-state index is 0.276. The molecule has 26 heavy (non-hydrogen) atoms. The molecule has 3 rings (SSSR count). The van der Waals surface area contributed by atoms with E-state index in [1.54, 1.807) is 48.8 Å². The Morgan fingerprint density at radius 3 is 1.92 bits per heavy atom. The average Bonchev–Trinajstić information content (AvgIpc) is 2.62. The van der Waals surface area contributed by atoms with E-state index in [0.29, 0.717) is 11.1 Å². The lowest BCUT2D eigenvalue weighted by Crippen LogP contribution is -2.47. The number of pyridine rings is 1. The molecule has 0 aliphatic heterocycles. The maximum Gasteiger partial charge on any atom is 0.573 e. The molecule has 7 heteroatoms. The van der Waals surface area contributed by atoms with Crippen molar-refractivity contribution in [1.29, 1.82) is 0 Å². The van der Waals surface area contributed by atoms with Crippen molar-refractivity contribution >= 4 is 5.91 Å². The van der Waals surface area contributed by atoms with Crippen LogP contribution in [0.25, 0.3) is 11.1 Å². The standard InChI is InChI=1S/C19H13F3N2O2/c20-19(21,22)26-17-10-8-15(9-11-17)14-4-6-16(7-5-14)18(25)23-24-12-2-1-3-13-24/h1-13H/p+1. The lowest BCUT2D eigenvalue weighted by molar-refractivity contribution is -0.641. The molecule has 0 aliphatic rings. The van der Waals surface area contributed by atoms with Crippen LogP contribution in [0.2, 0.25) is 0 Å². The Morgan fingerprint density at radius 1 is 0.846 bits per heavy atom. The quantitative estimate of drug-likeness (QED) is 0.718. The highest BCUT2D eigenvalue weighted by atomic mass is 19.4. The van der Waals surface area contributed by atoms with Gasteiger partial charge in [-0.05, 0) is 35.4 Å². The number of hydrogen-bond donors (Lipinski definition) is 1. The molecule has 1 N–H and O–H groups in total. The van der Waals surface area contributed by atoms with Crippen molar-refractivity contribution in [3.05, 3.63) is 84.7 Å². The molecule has 0 atom stereocenters. The number of nitrogens with zero attached hydrogens (tertiary/aromatic N) is 1. The fraction of sp³-hybridized carbons (Fsp3) is 0.0526. The average molecular weight is 359 g/mol. The van der Waals surface area contributed by atoms with Crippen LogP contribution >= 0.6 is 0 Å². The second-order valence-corrected chi connectivity index (χ2v) is 5.37. The summed E-state index contributed by atoms with van der Waals surface area (Å²) in [5.41, 5.74) is 4.64. The molecule has 0 spiro atoms. The lowest BCUT2D eigenvalue weighted by Gasteiger charge is -2.09. The largest absolute Gasteiger partial charge is 0.573 e. The molecule has 0 fully saturated rings. The number of nitrogens with one attached hydrogen (secondary N) is 1. The van der Waals surface area contributed by atoms with Gasteiger partial charge in [0.1, 0.15) is 5.75 Å². The van der Waals surface area contributed by atoms with E-state index in [4.69, 9.17) is 0 Å². The van der Waals surface area contributed by atoms with Crippen LogP contribution in [0.1, 0.15) is 10.4 Å². The summed E-state index contributed by atoms with van der Waals surface area (Å²) in [6, 6.07) is 17.7. The molecule has 4 nitrogen and oxygen atoms in total. The summed E-state index contributed by atoms with van der Waals surface area (Å²) in [5.74, 6) is -0.557. The monoisotopic (exact) mass is 359 g/mol. The molecule has 0 unspecified atom stereocenters. The van der Waals surface area contributed by atoms with Gasteiger partial charge in [0, 0.05) is 17.7 Å². The number of amides is 1. The van der Waals surface area contributed by atoms with Gasteiger partial charge < -0.3 is 4.74 Å². The van der Waals surface area contributed by atoms with Gasteiger partial charge in [0.25, 0.3) is 0 Å². The molecule has 3 aromatic rings. The minimum atomic E-state index is -4.71. The van der Waals surface area contributed by atoms with Crippen molar-refractivity contribution in [3.63, 3.8) is 0 Å². The summed E-state index contributed by atoms with van der Waals surface area (Å²) in [7, 11) is 0. The summed E-state index contributed by atoms with van der Waals surface area (Å²) in [6.07, 6.45) is -1.30. The predicted octanol–water partition coefficient (Wildman–Crippen LogP) is 3.92. The Balaban J connectivity index is 1.70. The Kier molecular flexibility index (Phi) is 4.88. The van der Waals surface area contributed by atoms with Crippen molar-refractivity contribution < 1.29 is 27.4 Å². The van der Waals surface area contributed by atoms with Crippen molar-refractivity contribution in [2.75, 3.05) is 5.43 Å². The van der Waals surface area contributed by atoms with Crippen LogP contribution in [0.3, 0.4) is 0 Å². The maximum absolute atomic E-state index is 12.2. The van der Waals surface area contributed by atoms with E-state index < -0.39 is 6.36 Å². The number of carbonyl (C=O) groups excluding carboxylic acids is 1. The second-order valence-electron chi connectivity index (χ2n) is 5.37. The highest BCUT2D eigenvalue weighted by Crippen LogP contribution is 2.26. The summed E-state index contributed by atoms with van der Waals surface area (Å²) in [5, 5.41) is 0. The van der Waals surface area contributed by atoms with Crippen LogP contribution in [0, 0.1) is 0 Å². The van der Waals surface area contributed by atoms with Crippen molar-refractivity contribution in [2.45, 2.75) is 6.36 Å². The fourth-order valence-corrected chi connectivity index (χ4v) is 2.32. The Bertz CT molecular complexity index is 877. The van der Waals surface area contributed by atoms with Gasteiger partial charge in [-0.15, -0.1) is 18.6 Å². The topological polar surface area (TPSA) is 42.2 Å². The number of halogens is 3. The zero-order valence-electron chi connectivity index (χ0n) is 13.4. The third-order valence-corrected chi connectivity index (χ3v) is 3.51. The van der Waals surface area contributed by atoms with Crippen LogP contribution < -0.4 is 14.8 Å². The smallest absolute Gasteiger partial charge is 0.406 e.